The Bertz CT molecular complexity index is 708. The number of alkyl halides is 2. The Hall–Kier alpha value is -2.38. The van der Waals surface area contributed by atoms with Crippen LogP contribution in [0.25, 0.3) is 0 Å². The number of ether oxygens (including phenoxy) is 1. The monoisotopic (exact) mass is 408 g/mol. The van der Waals surface area contributed by atoms with E-state index in [4.69, 9.17) is 0 Å². The third-order valence-corrected chi connectivity index (χ3v) is 5.60. The van der Waals surface area contributed by atoms with E-state index in [1.165, 1.54) is 12.5 Å². The number of guanidine groups is 1. The van der Waals surface area contributed by atoms with E-state index in [1.54, 1.807) is 19.2 Å². The Balaban J connectivity index is 1.46. The molecule has 0 aromatic heterocycles. The van der Waals surface area contributed by atoms with Crippen LogP contribution in [0.2, 0.25) is 0 Å². The van der Waals surface area contributed by atoms with E-state index in [0.717, 1.165) is 44.2 Å². The first-order chi connectivity index (χ1) is 14.0. The van der Waals surface area contributed by atoms with Gasteiger partial charge < -0.3 is 20.3 Å². The summed E-state index contributed by atoms with van der Waals surface area (Å²) in [7, 11) is 1.69. The van der Waals surface area contributed by atoms with Gasteiger partial charge in [0.1, 0.15) is 5.75 Å². The summed E-state index contributed by atoms with van der Waals surface area (Å²) in [5.41, 5.74) is 0.812. The lowest BCUT2D eigenvalue weighted by molar-refractivity contribution is -0.135. The van der Waals surface area contributed by atoms with Crippen LogP contribution < -0.4 is 15.4 Å². The Morgan fingerprint density at radius 1 is 1.28 bits per heavy atom. The first-order valence-electron chi connectivity index (χ1n) is 10.3. The number of aliphatic imine (C=N–C) groups is 1. The van der Waals surface area contributed by atoms with E-state index >= 15 is 0 Å². The second-order valence-electron chi connectivity index (χ2n) is 7.70. The summed E-state index contributed by atoms with van der Waals surface area (Å²) < 4.78 is 29.2. The number of carbonyl (C=O) groups excluding carboxylic acids is 1. The highest BCUT2D eigenvalue weighted by molar-refractivity contribution is 5.81. The van der Waals surface area contributed by atoms with E-state index in [1.807, 2.05) is 11.0 Å². The molecular weight excluding hydrogens is 378 g/mol. The summed E-state index contributed by atoms with van der Waals surface area (Å²) in [5.74, 6) is 1.26. The first-order valence-corrected chi connectivity index (χ1v) is 10.3. The molecule has 29 heavy (non-hydrogen) atoms. The van der Waals surface area contributed by atoms with Crippen molar-refractivity contribution in [1.82, 2.24) is 15.5 Å². The highest BCUT2D eigenvalue weighted by Crippen LogP contribution is 2.26. The number of rotatable bonds is 6. The van der Waals surface area contributed by atoms with Gasteiger partial charge in [0.25, 0.3) is 0 Å². The summed E-state index contributed by atoms with van der Waals surface area (Å²) in [4.78, 5) is 18.9. The number of nitrogens with zero attached hydrogens (tertiary/aromatic N) is 2. The molecule has 1 atom stereocenters. The largest absolute Gasteiger partial charge is 0.435 e. The van der Waals surface area contributed by atoms with Crippen LogP contribution in [-0.2, 0) is 11.3 Å². The van der Waals surface area contributed by atoms with Gasteiger partial charge in [-0.05, 0) is 37.0 Å². The van der Waals surface area contributed by atoms with Gasteiger partial charge in [-0.25, -0.2) is 0 Å². The summed E-state index contributed by atoms with van der Waals surface area (Å²) >= 11 is 0. The molecule has 1 heterocycles. The fourth-order valence-corrected chi connectivity index (χ4v) is 4.09. The zero-order chi connectivity index (χ0) is 20.6. The van der Waals surface area contributed by atoms with E-state index in [2.05, 4.69) is 20.4 Å². The van der Waals surface area contributed by atoms with Gasteiger partial charge in [-0.1, -0.05) is 31.4 Å². The van der Waals surface area contributed by atoms with Gasteiger partial charge in [0, 0.05) is 38.6 Å². The topological polar surface area (TPSA) is 66.0 Å². The first kappa shape index (κ1) is 21.3. The average molecular weight is 408 g/mol. The van der Waals surface area contributed by atoms with Crippen LogP contribution in [0, 0.1) is 5.92 Å². The fraction of sp³-hybridized carbons (Fsp3) is 0.619. The lowest BCUT2D eigenvalue weighted by Crippen LogP contribution is -2.45. The second-order valence-corrected chi connectivity index (χ2v) is 7.70. The quantitative estimate of drug-likeness (QED) is 0.561. The van der Waals surface area contributed by atoms with Crippen LogP contribution in [0.15, 0.2) is 29.3 Å². The van der Waals surface area contributed by atoms with Crippen molar-refractivity contribution in [3.63, 3.8) is 0 Å². The van der Waals surface area contributed by atoms with Gasteiger partial charge in [0.2, 0.25) is 5.91 Å². The minimum Gasteiger partial charge on any atom is -0.435 e. The molecular formula is C21H30F2N4O2. The second kappa shape index (κ2) is 10.4. The average Bonchev–Trinajstić information content (AvgIpc) is 3.19. The molecule has 0 bridgehead atoms. The van der Waals surface area contributed by atoms with Gasteiger partial charge in [-0.15, -0.1) is 0 Å². The number of hydrogen-bond donors (Lipinski definition) is 2. The maximum atomic E-state index is 12.7. The molecule has 2 N–H and O–H groups in total. The van der Waals surface area contributed by atoms with Crippen LogP contribution in [0.5, 0.6) is 5.75 Å². The molecule has 1 aromatic rings. The summed E-state index contributed by atoms with van der Waals surface area (Å²) in [6, 6.07) is 6.74. The standard InChI is InChI=1S/C21H30F2N4O2/c1-24-21(25-13-15-6-5-9-18(12-15)29-20(22)23)26-17-10-11-27(14-17)19(28)16-7-3-2-4-8-16/h5-6,9,12,16-17,20H,2-4,7-8,10-11,13-14H2,1H3,(H2,24,25,26). The Kier molecular flexibility index (Phi) is 7.66. The highest BCUT2D eigenvalue weighted by Gasteiger charge is 2.31. The Morgan fingerprint density at radius 3 is 2.79 bits per heavy atom. The lowest BCUT2D eigenvalue weighted by Gasteiger charge is -2.26. The molecule has 1 saturated heterocycles. The van der Waals surface area contributed by atoms with Gasteiger partial charge in [-0.2, -0.15) is 8.78 Å². The molecule has 1 saturated carbocycles. The van der Waals surface area contributed by atoms with Crippen molar-refractivity contribution in [3.05, 3.63) is 29.8 Å². The van der Waals surface area contributed by atoms with Crippen LogP contribution in [-0.4, -0.2) is 49.6 Å². The SMILES string of the molecule is CN=C(NCc1cccc(OC(F)F)c1)NC1CCN(C(=O)C2CCCCC2)C1. The van der Waals surface area contributed by atoms with Gasteiger partial charge in [-0.3, -0.25) is 9.79 Å². The van der Waals surface area contributed by atoms with Gasteiger partial charge in [0.05, 0.1) is 0 Å². The maximum absolute atomic E-state index is 12.7. The number of hydrogen-bond acceptors (Lipinski definition) is 3. The molecule has 8 heteroatoms. The number of nitrogens with one attached hydrogen (secondary N) is 2. The molecule has 1 amide bonds. The van der Waals surface area contributed by atoms with Crippen molar-refractivity contribution >= 4 is 11.9 Å². The number of carbonyl (C=O) groups is 1. The predicted molar refractivity (Wildman–Crippen MR) is 108 cm³/mol. The molecule has 0 radical (unpaired) electrons. The maximum Gasteiger partial charge on any atom is 0.387 e. The lowest BCUT2D eigenvalue weighted by atomic mass is 9.88. The third kappa shape index (κ3) is 6.30. The van der Waals surface area contributed by atoms with Crippen molar-refractivity contribution in [1.29, 1.82) is 0 Å². The zero-order valence-corrected chi connectivity index (χ0v) is 16.9. The van der Waals surface area contributed by atoms with Crippen LogP contribution >= 0.6 is 0 Å². The van der Waals surface area contributed by atoms with Crippen molar-refractivity contribution in [2.75, 3.05) is 20.1 Å². The highest BCUT2D eigenvalue weighted by atomic mass is 19.3. The van der Waals surface area contributed by atoms with E-state index in [-0.39, 0.29) is 17.7 Å². The smallest absolute Gasteiger partial charge is 0.387 e. The van der Waals surface area contributed by atoms with Crippen LogP contribution in [0.3, 0.4) is 0 Å². The number of likely N-dealkylation sites (tertiary alicyclic amines) is 1. The Morgan fingerprint density at radius 2 is 2.07 bits per heavy atom. The number of halogens is 2. The molecule has 1 aromatic carbocycles. The summed E-state index contributed by atoms with van der Waals surface area (Å²) in [6.45, 7) is -0.947. The van der Waals surface area contributed by atoms with Gasteiger partial charge in [0.15, 0.2) is 5.96 Å². The van der Waals surface area contributed by atoms with E-state index in [0.29, 0.717) is 25.0 Å². The van der Waals surface area contributed by atoms with Crippen molar-refractivity contribution in [3.8, 4) is 5.75 Å². The van der Waals surface area contributed by atoms with E-state index < -0.39 is 6.61 Å². The minimum absolute atomic E-state index is 0.134. The molecule has 0 spiro atoms. The Labute approximate surface area is 170 Å². The fourth-order valence-electron chi connectivity index (χ4n) is 4.09. The van der Waals surface area contributed by atoms with Gasteiger partial charge >= 0.3 is 6.61 Å². The summed E-state index contributed by atoms with van der Waals surface area (Å²) in [5, 5.41) is 6.56. The number of benzene rings is 1. The van der Waals surface area contributed by atoms with Crippen molar-refractivity contribution < 1.29 is 18.3 Å². The molecule has 2 fully saturated rings. The molecule has 2 aliphatic rings. The zero-order valence-electron chi connectivity index (χ0n) is 16.9. The number of amides is 1. The molecule has 1 aliphatic heterocycles. The normalized spacial score (nSPS) is 20.8. The molecule has 6 nitrogen and oxygen atoms in total. The van der Waals surface area contributed by atoms with Crippen molar-refractivity contribution in [2.24, 2.45) is 10.9 Å². The van der Waals surface area contributed by atoms with Crippen molar-refractivity contribution in [2.45, 2.75) is 57.7 Å². The van der Waals surface area contributed by atoms with E-state index in [9.17, 15) is 13.6 Å². The molecule has 160 valence electrons. The molecule has 1 aliphatic carbocycles. The van der Waals surface area contributed by atoms with Crippen LogP contribution in [0.1, 0.15) is 44.1 Å². The molecule has 3 rings (SSSR count). The van der Waals surface area contributed by atoms with Crippen LogP contribution in [0.4, 0.5) is 8.78 Å². The minimum atomic E-state index is -2.84. The predicted octanol–water partition coefficient (Wildman–Crippen LogP) is 3.13. The molecule has 1 unspecified atom stereocenters. The summed E-state index contributed by atoms with van der Waals surface area (Å²) in [6.07, 6.45) is 6.48. The third-order valence-electron chi connectivity index (χ3n) is 5.60.